The van der Waals surface area contributed by atoms with Crippen LogP contribution in [-0.2, 0) is 10.1 Å². The number of carbonyl (C=O) groups excluding carboxylic acids is 1. The van der Waals surface area contributed by atoms with Crippen molar-refractivity contribution in [1.82, 2.24) is 0 Å². The number of aliphatic hydroxyl groups excluding tert-OH is 1. The number of nitrogens with two attached hydrogens (primary N) is 1. The van der Waals surface area contributed by atoms with Crippen LogP contribution in [0.25, 0.3) is 0 Å². The van der Waals surface area contributed by atoms with Gasteiger partial charge in [-0.25, -0.2) is 0 Å². The summed E-state index contributed by atoms with van der Waals surface area (Å²) in [6.07, 6.45) is -1.20. The Bertz CT molecular complexity index is 521. The van der Waals surface area contributed by atoms with E-state index in [0.717, 1.165) is 12.1 Å². The fourth-order valence-electron chi connectivity index (χ4n) is 1.18. The van der Waals surface area contributed by atoms with Crippen LogP contribution in [0, 0.1) is 0 Å². The third-order valence-corrected chi connectivity index (χ3v) is 2.88. The van der Waals surface area contributed by atoms with E-state index in [1.54, 1.807) is 0 Å². The molecule has 7 heteroatoms. The van der Waals surface area contributed by atoms with E-state index >= 15 is 0 Å². The van der Waals surface area contributed by atoms with Crippen LogP contribution in [0.4, 0.5) is 5.69 Å². The SMILES string of the molecule is CC(O)C(=O)c1ccc(S(=O)(=O)O)c(N)c1. The predicted octanol–water partition coefficient (Wildman–Crippen LogP) is 0.0790. The van der Waals surface area contributed by atoms with Gasteiger partial charge in [0.1, 0.15) is 11.0 Å². The van der Waals surface area contributed by atoms with E-state index in [9.17, 15) is 13.2 Å². The second-order valence-electron chi connectivity index (χ2n) is 3.27. The number of rotatable bonds is 3. The molecule has 0 aliphatic rings. The zero-order valence-corrected chi connectivity index (χ0v) is 9.23. The van der Waals surface area contributed by atoms with Crippen LogP contribution in [0.3, 0.4) is 0 Å². The molecule has 1 unspecified atom stereocenters. The van der Waals surface area contributed by atoms with E-state index in [-0.39, 0.29) is 11.3 Å². The number of aliphatic hydroxyl groups is 1. The van der Waals surface area contributed by atoms with E-state index in [1.807, 2.05) is 0 Å². The molecule has 16 heavy (non-hydrogen) atoms. The Hall–Kier alpha value is -1.44. The first-order valence-electron chi connectivity index (χ1n) is 4.33. The number of anilines is 1. The lowest BCUT2D eigenvalue weighted by atomic mass is 10.1. The molecule has 0 bridgehead atoms. The number of hydrogen-bond acceptors (Lipinski definition) is 5. The highest BCUT2D eigenvalue weighted by atomic mass is 32.2. The summed E-state index contributed by atoms with van der Waals surface area (Å²) in [6.45, 7) is 1.29. The van der Waals surface area contributed by atoms with Crippen molar-refractivity contribution >= 4 is 21.6 Å². The molecule has 1 atom stereocenters. The Morgan fingerprint density at radius 1 is 1.44 bits per heavy atom. The minimum absolute atomic E-state index is 0.0832. The largest absolute Gasteiger partial charge is 0.398 e. The topological polar surface area (TPSA) is 118 Å². The molecule has 4 N–H and O–H groups in total. The first-order valence-corrected chi connectivity index (χ1v) is 5.77. The van der Waals surface area contributed by atoms with Gasteiger partial charge >= 0.3 is 0 Å². The molecule has 0 fully saturated rings. The maximum atomic E-state index is 11.3. The maximum Gasteiger partial charge on any atom is 0.296 e. The molecule has 1 aromatic rings. The van der Waals surface area contributed by atoms with E-state index in [0.29, 0.717) is 0 Å². The first-order chi connectivity index (χ1) is 7.23. The van der Waals surface area contributed by atoms with Gasteiger partial charge in [-0.15, -0.1) is 0 Å². The van der Waals surface area contributed by atoms with Crippen molar-refractivity contribution in [3.05, 3.63) is 23.8 Å². The van der Waals surface area contributed by atoms with E-state index < -0.39 is 26.9 Å². The minimum atomic E-state index is -4.40. The van der Waals surface area contributed by atoms with Crippen LogP contribution < -0.4 is 5.73 Å². The fourth-order valence-corrected chi connectivity index (χ4v) is 1.77. The van der Waals surface area contributed by atoms with Gasteiger partial charge in [-0.1, -0.05) is 0 Å². The summed E-state index contributed by atoms with van der Waals surface area (Å²) in [5.41, 5.74) is 5.21. The lowest BCUT2D eigenvalue weighted by Crippen LogP contribution is -2.16. The van der Waals surface area contributed by atoms with Crippen LogP contribution in [0.1, 0.15) is 17.3 Å². The molecule has 0 radical (unpaired) electrons. The van der Waals surface area contributed by atoms with Crippen molar-refractivity contribution in [3.63, 3.8) is 0 Å². The third-order valence-electron chi connectivity index (χ3n) is 1.95. The molecule has 1 aromatic carbocycles. The minimum Gasteiger partial charge on any atom is -0.398 e. The number of hydrogen-bond donors (Lipinski definition) is 3. The highest BCUT2D eigenvalue weighted by Crippen LogP contribution is 2.20. The lowest BCUT2D eigenvalue weighted by Gasteiger charge is -2.06. The summed E-state index contributed by atoms with van der Waals surface area (Å²) >= 11 is 0. The molecule has 6 nitrogen and oxygen atoms in total. The predicted molar refractivity (Wildman–Crippen MR) is 56.7 cm³/mol. The van der Waals surface area contributed by atoms with Gasteiger partial charge in [0, 0.05) is 5.56 Å². The van der Waals surface area contributed by atoms with Crippen molar-refractivity contribution in [2.75, 3.05) is 5.73 Å². The van der Waals surface area contributed by atoms with Gasteiger partial charge < -0.3 is 10.8 Å². The summed E-state index contributed by atoms with van der Waals surface area (Å²) in [5, 5.41) is 9.04. The summed E-state index contributed by atoms with van der Waals surface area (Å²) in [6, 6.07) is 3.28. The van der Waals surface area contributed by atoms with Gasteiger partial charge in [-0.2, -0.15) is 8.42 Å². The van der Waals surface area contributed by atoms with Crippen molar-refractivity contribution < 1.29 is 22.9 Å². The summed E-state index contributed by atoms with van der Waals surface area (Å²) in [4.78, 5) is 10.9. The Balaban J connectivity index is 3.25. The molecule has 0 saturated heterocycles. The molecular weight excluding hydrogens is 234 g/mol. The second kappa shape index (κ2) is 4.20. The van der Waals surface area contributed by atoms with Crippen LogP contribution >= 0.6 is 0 Å². The smallest absolute Gasteiger partial charge is 0.296 e. The van der Waals surface area contributed by atoms with Gasteiger partial charge in [0.2, 0.25) is 0 Å². The van der Waals surface area contributed by atoms with E-state index in [1.165, 1.54) is 13.0 Å². The molecule has 88 valence electrons. The normalized spacial score (nSPS) is 13.4. The lowest BCUT2D eigenvalue weighted by molar-refractivity contribution is 0.0779. The second-order valence-corrected chi connectivity index (χ2v) is 4.66. The molecule has 1 rings (SSSR count). The zero-order valence-electron chi connectivity index (χ0n) is 8.41. The Morgan fingerprint density at radius 3 is 2.38 bits per heavy atom. The summed E-state index contributed by atoms with van der Waals surface area (Å²) < 4.78 is 30.4. The first kappa shape index (κ1) is 12.6. The number of carbonyl (C=O) groups is 1. The standard InChI is InChI=1S/C9H11NO5S/c1-5(11)9(12)6-2-3-8(7(10)4-6)16(13,14)15/h2-5,11H,10H2,1H3,(H,13,14,15). The van der Waals surface area contributed by atoms with Crippen LogP contribution in [0.5, 0.6) is 0 Å². The number of benzene rings is 1. The number of ketones is 1. The van der Waals surface area contributed by atoms with Gasteiger partial charge in [0.05, 0.1) is 5.69 Å². The highest BCUT2D eigenvalue weighted by Gasteiger charge is 2.17. The molecule has 0 aliphatic heterocycles. The monoisotopic (exact) mass is 245 g/mol. The van der Waals surface area contributed by atoms with Crippen molar-refractivity contribution in [1.29, 1.82) is 0 Å². The number of Topliss-reactive ketones (excluding diaryl/α,β-unsaturated/α-hetero) is 1. The molecule has 0 aliphatic carbocycles. The molecule has 0 amide bonds. The molecule has 0 spiro atoms. The molecule has 0 saturated carbocycles. The van der Waals surface area contributed by atoms with E-state index in [4.69, 9.17) is 15.4 Å². The average molecular weight is 245 g/mol. The Labute approximate surface area is 92.5 Å². The van der Waals surface area contributed by atoms with Crippen molar-refractivity contribution in [2.24, 2.45) is 0 Å². The Morgan fingerprint density at radius 2 is 2.00 bits per heavy atom. The van der Waals surface area contributed by atoms with Gasteiger partial charge in [0.25, 0.3) is 10.1 Å². The zero-order chi connectivity index (χ0) is 12.5. The highest BCUT2D eigenvalue weighted by molar-refractivity contribution is 7.86. The Kier molecular flexibility index (Phi) is 3.32. The van der Waals surface area contributed by atoms with Gasteiger partial charge in [-0.3, -0.25) is 9.35 Å². The summed E-state index contributed by atoms with van der Waals surface area (Å²) in [5.74, 6) is -0.575. The van der Waals surface area contributed by atoms with Gasteiger partial charge in [-0.05, 0) is 25.1 Å². The molecular formula is C9H11NO5S. The van der Waals surface area contributed by atoms with Crippen LogP contribution in [0.2, 0.25) is 0 Å². The average Bonchev–Trinajstić information content (AvgIpc) is 2.14. The van der Waals surface area contributed by atoms with E-state index in [2.05, 4.69) is 0 Å². The molecule has 0 aromatic heterocycles. The molecule has 0 heterocycles. The van der Waals surface area contributed by atoms with Crippen LogP contribution in [-0.4, -0.2) is 30.0 Å². The van der Waals surface area contributed by atoms with Gasteiger partial charge in [0.15, 0.2) is 5.78 Å². The fraction of sp³-hybridized carbons (Fsp3) is 0.222. The summed E-state index contributed by atoms with van der Waals surface area (Å²) in [7, 11) is -4.40. The quantitative estimate of drug-likeness (QED) is 0.394. The van der Waals surface area contributed by atoms with Crippen molar-refractivity contribution in [3.8, 4) is 0 Å². The maximum absolute atomic E-state index is 11.3. The van der Waals surface area contributed by atoms with Crippen LogP contribution in [0.15, 0.2) is 23.1 Å². The number of nitrogen functional groups attached to an aromatic ring is 1. The van der Waals surface area contributed by atoms with Crippen molar-refractivity contribution in [2.45, 2.75) is 17.9 Å². The third kappa shape index (κ3) is 2.57.